The van der Waals surface area contributed by atoms with Crippen LogP contribution < -0.4 is 4.90 Å². The highest BCUT2D eigenvalue weighted by Gasteiger charge is 2.46. The minimum absolute atomic E-state index is 0.218. The predicted molar refractivity (Wildman–Crippen MR) is 93.4 cm³/mol. The average Bonchev–Trinajstić information content (AvgIpc) is 2.92. The van der Waals surface area contributed by atoms with Gasteiger partial charge in [0, 0.05) is 11.6 Å². The lowest BCUT2D eigenvalue weighted by molar-refractivity contribution is 0.0260. The Balaban J connectivity index is 1.52. The summed E-state index contributed by atoms with van der Waals surface area (Å²) in [4.78, 5) is 21.4. The summed E-state index contributed by atoms with van der Waals surface area (Å²) < 4.78 is 5.80. The van der Waals surface area contributed by atoms with Gasteiger partial charge >= 0.3 is 6.09 Å². The number of carbonyl (C=O) groups excluding carboxylic acids is 1. The van der Waals surface area contributed by atoms with Crippen LogP contribution in [0, 0.1) is 0 Å². The van der Waals surface area contributed by atoms with Gasteiger partial charge in [-0.15, -0.1) is 0 Å². The largest absolute Gasteiger partial charge is 0.441 e. The lowest BCUT2D eigenvalue weighted by Crippen LogP contribution is -2.36. The molecule has 3 heterocycles. The number of pyridine rings is 1. The molecule has 1 saturated carbocycles. The van der Waals surface area contributed by atoms with Crippen molar-refractivity contribution in [1.29, 1.82) is 0 Å². The Morgan fingerprint density at radius 2 is 1.92 bits per heavy atom. The number of anilines is 1. The monoisotopic (exact) mass is 329 g/mol. The third-order valence-corrected chi connectivity index (χ3v) is 5.90. The summed E-state index contributed by atoms with van der Waals surface area (Å²) in [6.07, 6.45) is 7.61. The van der Waals surface area contributed by atoms with Crippen LogP contribution in [-0.2, 0) is 4.74 Å². The molecule has 0 atom stereocenters. The summed E-state index contributed by atoms with van der Waals surface area (Å²) in [7, 11) is 2.17. The first-order chi connectivity index (χ1) is 11.7. The fourth-order valence-corrected chi connectivity index (χ4v) is 4.38. The number of rotatable bonds is 2. The zero-order chi connectivity index (χ0) is 16.6. The molecular formula is C19H27N3O2. The van der Waals surface area contributed by atoms with E-state index in [2.05, 4.69) is 18.0 Å². The number of nitrogens with zero attached hydrogens (tertiary/aromatic N) is 3. The molecule has 5 nitrogen and oxygen atoms in total. The first-order valence-electron chi connectivity index (χ1n) is 9.31. The molecule has 0 bridgehead atoms. The van der Waals surface area contributed by atoms with E-state index in [0.717, 1.165) is 63.1 Å². The molecule has 24 heavy (non-hydrogen) atoms. The fourth-order valence-electron chi connectivity index (χ4n) is 4.38. The van der Waals surface area contributed by atoms with Crippen molar-refractivity contribution in [2.24, 2.45) is 0 Å². The molecule has 1 aliphatic carbocycles. The van der Waals surface area contributed by atoms with Crippen LogP contribution in [0.1, 0.15) is 56.6 Å². The van der Waals surface area contributed by atoms with Crippen LogP contribution in [-0.4, -0.2) is 48.3 Å². The van der Waals surface area contributed by atoms with Gasteiger partial charge in [0.05, 0.1) is 6.54 Å². The van der Waals surface area contributed by atoms with E-state index in [0.29, 0.717) is 12.5 Å². The molecule has 1 spiro atoms. The molecule has 0 unspecified atom stereocenters. The number of aromatic nitrogens is 1. The summed E-state index contributed by atoms with van der Waals surface area (Å²) >= 11 is 0. The molecule has 2 aliphatic heterocycles. The first kappa shape index (κ1) is 15.9. The van der Waals surface area contributed by atoms with Crippen molar-refractivity contribution in [3.8, 4) is 0 Å². The van der Waals surface area contributed by atoms with Gasteiger partial charge in [0.1, 0.15) is 11.4 Å². The number of piperidine rings is 1. The summed E-state index contributed by atoms with van der Waals surface area (Å²) in [6, 6.07) is 6.09. The molecule has 1 aromatic rings. The van der Waals surface area contributed by atoms with Crippen molar-refractivity contribution >= 4 is 11.9 Å². The van der Waals surface area contributed by atoms with Gasteiger partial charge in [-0.2, -0.15) is 0 Å². The van der Waals surface area contributed by atoms with Gasteiger partial charge < -0.3 is 9.64 Å². The van der Waals surface area contributed by atoms with E-state index in [4.69, 9.17) is 9.72 Å². The second-order valence-electron chi connectivity index (χ2n) is 7.70. The van der Waals surface area contributed by atoms with E-state index in [1.54, 1.807) is 4.90 Å². The van der Waals surface area contributed by atoms with Crippen molar-refractivity contribution in [1.82, 2.24) is 9.88 Å². The normalized spacial score (nSPS) is 25.2. The second-order valence-corrected chi connectivity index (χ2v) is 7.70. The van der Waals surface area contributed by atoms with Gasteiger partial charge in [-0.25, -0.2) is 9.78 Å². The van der Waals surface area contributed by atoms with E-state index in [1.165, 1.54) is 6.42 Å². The zero-order valence-electron chi connectivity index (χ0n) is 14.5. The van der Waals surface area contributed by atoms with Crippen LogP contribution in [0.15, 0.2) is 18.2 Å². The Hall–Kier alpha value is -1.62. The van der Waals surface area contributed by atoms with Gasteiger partial charge in [0.25, 0.3) is 0 Å². The van der Waals surface area contributed by atoms with Crippen molar-refractivity contribution in [2.75, 3.05) is 31.6 Å². The van der Waals surface area contributed by atoms with Gasteiger partial charge in [-0.1, -0.05) is 12.5 Å². The quantitative estimate of drug-likeness (QED) is 0.832. The number of hydrogen-bond donors (Lipinski definition) is 0. The third-order valence-electron chi connectivity index (χ3n) is 5.90. The number of amides is 1. The van der Waals surface area contributed by atoms with Crippen LogP contribution in [0.25, 0.3) is 0 Å². The molecular weight excluding hydrogens is 302 g/mol. The first-order valence-corrected chi connectivity index (χ1v) is 9.31. The lowest BCUT2D eigenvalue weighted by atomic mass is 9.85. The predicted octanol–water partition coefficient (Wildman–Crippen LogP) is 3.55. The van der Waals surface area contributed by atoms with Crippen molar-refractivity contribution in [3.05, 3.63) is 23.9 Å². The number of ether oxygens (including phenoxy) is 1. The molecule has 0 N–H and O–H groups in total. The second kappa shape index (κ2) is 6.36. The van der Waals surface area contributed by atoms with Crippen molar-refractivity contribution in [3.63, 3.8) is 0 Å². The molecule has 3 aliphatic rings. The number of likely N-dealkylation sites (tertiary alicyclic amines) is 1. The smallest absolute Gasteiger partial charge is 0.416 e. The SMILES string of the molecule is CN1CCC(c2cccc(N3CC4(CCCCC4)OC3=O)n2)CC1. The van der Waals surface area contributed by atoms with Crippen LogP contribution in [0.5, 0.6) is 0 Å². The lowest BCUT2D eigenvalue weighted by Gasteiger charge is -2.30. The molecule has 4 rings (SSSR count). The zero-order valence-corrected chi connectivity index (χ0v) is 14.5. The highest BCUT2D eigenvalue weighted by molar-refractivity contribution is 5.89. The van der Waals surface area contributed by atoms with Gasteiger partial charge in [-0.05, 0) is 70.8 Å². The van der Waals surface area contributed by atoms with Gasteiger partial charge in [0.15, 0.2) is 0 Å². The molecule has 3 fully saturated rings. The molecule has 1 aromatic heterocycles. The summed E-state index contributed by atoms with van der Waals surface area (Å²) in [5, 5.41) is 0. The molecule has 130 valence electrons. The Morgan fingerprint density at radius 3 is 2.67 bits per heavy atom. The Morgan fingerprint density at radius 1 is 1.17 bits per heavy atom. The van der Waals surface area contributed by atoms with Crippen LogP contribution in [0.3, 0.4) is 0 Å². The van der Waals surface area contributed by atoms with E-state index in [1.807, 2.05) is 12.1 Å². The fraction of sp³-hybridized carbons (Fsp3) is 0.684. The highest BCUT2D eigenvalue weighted by atomic mass is 16.6. The minimum atomic E-state index is -0.263. The average molecular weight is 329 g/mol. The minimum Gasteiger partial charge on any atom is -0.441 e. The molecule has 0 aromatic carbocycles. The molecule has 5 heteroatoms. The number of hydrogen-bond acceptors (Lipinski definition) is 4. The molecule has 0 radical (unpaired) electrons. The van der Waals surface area contributed by atoms with Crippen LogP contribution >= 0.6 is 0 Å². The Bertz CT molecular complexity index is 604. The van der Waals surface area contributed by atoms with E-state index >= 15 is 0 Å². The third kappa shape index (κ3) is 3.02. The highest BCUT2D eigenvalue weighted by Crippen LogP contribution is 2.38. The van der Waals surface area contributed by atoms with Gasteiger partial charge in [-0.3, -0.25) is 4.90 Å². The maximum Gasteiger partial charge on any atom is 0.416 e. The summed E-state index contributed by atoms with van der Waals surface area (Å²) in [6.45, 7) is 2.90. The standard InChI is InChI=1S/C19H27N3O2/c1-21-12-8-15(9-13-21)16-6-5-7-17(20-16)22-14-19(24-18(22)23)10-3-2-4-11-19/h5-7,15H,2-4,8-14H2,1H3. The summed E-state index contributed by atoms with van der Waals surface area (Å²) in [5.74, 6) is 1.27. The topological polar surface area (TPSA) is 45.7 Å². The van der Waals surface area contributed by atoms with Gasteiger partial charge in [0.2, 0.25) is 0 Å². The van der Waals surface area contributed by atoms with Crippen molar-refractivity contribution < 1.29 is 9.53 Å². The summed E-state index contributed by atoms with van der Waals surface area (Å²) in [5.41, 5.74) is 0.860. The van der Waals surface area contributed by atoms with E-state index in [9.17, 15) is 4.79 Å². The maximum absolute atomic E-state index is 12.4. The molecule has 1 amide bonds. The Labute approximate surface area is 144 Å². The van der Waals surface area contributed by atoms with Crippen LogP contribution in [0.4, 0.5) is 10.6 Å². The van der Waals surface area contributed by atoms with Crippen LogP contribution in [0.2, 0.25) is 0 Å². The van der Waals surface area contributed by atoms with E-state index < -0.39 is 0 Å². The Kier molecular flexibility index (Phi) is 4.21. The van der Waals surface area contributed by atoms with Crippen molar-refractivity contribution in [2.45, 2.75) is 56.5 Å². The number of carbonyl (C=O) groups is 1. The van der Waals surface area contributed by atoms with E-state index in [-0.39, 0.29) is 11.7 Å². The molecule has 2 saturated heterocycles. The maximum atomic E-state index is 12.4.